The molecule has 2 aliphatic rings. The summed E-state index contributed by atoms with van der Waals surface area (Å²) in [5.41, 5.74) is -0.313. The van der Waals surface area contributed by atoms with E-state index in [1.54, 1.807) is 0 Å². The summed E-state index contributed by atoms with van der Waals surface area (Å²) in [6.45, 7) is 12.3. The third kappa shape index (κ3) is 6.32. The van der Waals surface area contributed by atoms with Gasteiger partial charge in [-0.15, -0.1) is 0 Å². The van der Waals surface area contributed by atoms with Crippen molar-refractivity contribution < 1.29 is 28.8 Å². The van der Waals surface area contributed by atoms with E-state index in [4.69, 9.17) is 32.7 Å². The Bertz CT molecular complexity index is 572. The molecule has 0 N–H and O–H groups in total. The highest BCUT2D eigenvalue weighted by Gasteiger charge is 2.50. The maximum atomic E-state index is 12.2. The number of carbonyl (C=O) groups excluding carboxylic acids is 2. The fourth-order valence-corrected chi connectivity index (χ4v) is 6.26. The van der Waals surface area contributed by atoms with Crippen LogP contribution >= 0.6 is 23.2 Å². The van der Waals surface area contributed by atoms with E-state index in [-0.39, 0.29) is 22.7 Å². The molecule has 0 bridgehead atoms. The minimum atomic E-state index is -1.20. The Morgan fingerprint density at radius 2 is 1.03 bits per heavy atom. The van der Waals surface area contributed by atoms with Crippen molar-refractivity contribution in [1.82, 2.24) is 0 Å². The van der Waals surface area contributed by atoms with Gasteiger partial charge in [-0.05, 0) is 36.5 Å². The second kappa shape index (κ2) is 9.32. The minimum Gasteiger partial charge on any atom is -0.409 e. The normalized spacial score (nSPS) is 32.8. The molecule has 0 aromatic carbocycles. The number of hydrogen-bond acceptors (Lipinski definition) is 6. The summed E-state index contributed by atoms with van der Waals surface area (Å²) in [6.07, 6.45) is 4.08. The van der Waals surface area contributed by atoms with Crippen molar-refractivity contribution in [1.29, 1.82) is 0 Å². The predicted octanol–water partition coefficient (Wildman–Crippen LogP) is 7.55. The summed E-state index contributed by atoms with van der Waals surface area (Å²) in [5.74, 6) is -0.110. The zero-order valence-corrected chi connectivity index (χ0v) is 20.5. The number of rotatable bonds is 2. The summed E-state index contributed by atoms with van der Waals surface area (Å²) in [6, 6.07) is 0. The first-order valence-corrected chi connectivity index (χ1v) is 11.6. The van der Waals surface area contributed by atoms with E-state index < -0.39 is 22.4 Å². The third-order valence-corrected chi connectivity index (χ3v) is 7.40. The maximum Gasteiger partial charge on any atom is 0.551 e. The first-order valence-electron chi connectivity index (χ1n) is 10.9. The molecule has 2 aliphatic carbocycles. The Morgan fingerprint density at radius 1 is 0.700 bits per heavy atom. The van der Waals surface area contributed by atoms with Gasteiger partial charge in [0.05, 0.1) is 0 Å². The molecule has 4 atom stereocenters. The van der Waals surface area contributed by atoms with Crippen molar-refractivity contribution in [3.63, 3.8) is 0 Å². The zero-order chi connectivity index (χ0) is 22.8. The molecule has 174 valence electrons. The maximum absolute atomic E-state index is 12.2. The van der Waals surface area contributed by atoms with Gasteiger partial charge >= 0.3 is 12.3 Å². The van der Waals surface area contributed by atoms with Gasteiger partial charge in [-0.2, -0.15) is 19.4 Å². The van der Waals surface area contributed by atoms with E-state index in [9.17, 15) is 9.59 Å². The van der Waals surface area contributed by atoms with Crippen LogP contribution in [0, 0.1) is 22.7 Å². The lowest BCUT2D eigenvalue weighted by Crippen LogP contribution is -2.47. The molecule has 0 aromatic rings. The van der Waals surface area contributed by atoms with E-state index in [0.29, 0.717) is 12.8 Å². The van der Waals surface area contributed by atoms with Crippen molar-refractivity contribution in [2.75, 3.05) is 0 Å². The number of alkyl halides is 2. The van der Waals surface area contributed by atoms with E-state index in [2.05, 4.69) is 51.3 Å². The van der Waals surface area contributed by atoms with Crippen LogP contribution in [-0.4, -0.2) is 22.4 Å². The molecule has 0 aliphatic heterocycles. The highest BCUT2D eigenvalue weighted by molar-refractivity contribution is 6.24. The van der Waals surface area contributed by atoms with E-state index in [1.807, 2.05) is 0 Å². The molecular weight excluding hydrogens is 431 g/mol. The lowest BCUT2D eigenvalue weighted by Gasteiger charge is -2.45. The highest BCUT2D eigenvalue weighted by Crippen LogP contribution is 2.50. The minimum absolute atomic E-state index is 0.0548. The van der Waals surface area contributed by atoms with E-state index in [0.717, 1.165) is 38.5 Å². The molecule has 2 rings (SSSR count). The second-order valence-corrected chi connectivity index (χ2v) is 12.1. The van der Waals surface area contributed by atoms with Gasteiger partial charge in [0.15, 0.2) is 10.1 Å². The zero-order valence-electron chi connectivity index (χ0n) is 19.0. The summed E-state index contributed by atoms with van der Waals surface area (Å²) < 4.78 is 10.8. The van der Waals surface area contributed by atoms with Crippen LogP contribution in [0.25, 0.3) is 0 Å². The van der Waals surface area contributed by atoms with Gasteiger partial charge in [0.2, 0.25) is 0 Å². The molecule has 2 saturated carbocycles. The van der Waals surface area contributed by atoms with Gasteiger partial charge < -0.3 is 9.47 Å². The van der Waals surface area contributed by atoms with Gasteiger partial charge in [-0.3, -0.25) is 0 Å². The first kappa shape index (κ1) is 25.4. The molecule has 0 amide bonds. The lowest BCUT2D eigenvalue weighted by atomic mass is 9.70. The van der Waals surface area contributed by atoms with Crippen molar-refractivity contribution in [3.05, 3.63) is 0 Å². The van der Waals surface area contributed by atoms with Crippen LogP contribution in [-0.2, 0) is 19.2 Å². The van der Waals surface area contributed by atoms with Crippen LogP contribution in [0.5, 0.6) is 0 Å². The Balaban J connectivity index is 1.93. The Morgan fingerprint density at radius 3 is 1.33 bits per heavy atom. The molecule has 0 radical (unpaired) electrons. The van der Waals surface area contributed by atoms with Gasteiger partial charge in [0.25, 0.3) is 0 Å². The topological polar surface area (TPSA) is 71.1 Å². The Kier molecular flexibility index (Phi) is 7.88. The molecule has 0 aromatic heterocycles. The first-order chi connectivity index (χ1) is 13.7. The van der Waals surface area contributed by atoms with Crippen LogP contribution in [0.4, 0.5) is 9.59 Å². The fraction of sp³-hybridized carbons (Fsp3) is 0.909. The van der Waals surface area contributed by atoms with Crippen LogP contribution in [0.3, 0.4) is 0 Å². The van der Waals surface area contributed by atoms with E-state index in [1.165, 1.54) is 0 Å². The summed E-state index contributed by atoms with van der Waals surface area (Å²) in [7, 11) is 0. The van der Waals surface area contributed by atoms with E-state index >= 15 is 0 Å². The van der Waals surface area contributed by atoms with Gasteiger partial charge in [-0.25, -0.2) is 0 Å². The molecule has 0 saturated heterocycles. The molecule has 2 fully saturated rings. The summed E-state index contributed by atoms with van der Waals surface area (Å²) in [4.78, 5) is 33.5. The van der Waals surface area contributed by atoms with Crippen molar-refractivity contribution in [2.45, 2.75) is 103 Å². The van der Waals surface area contributed by atoms with Crippen LogP contribution < -0.4 is 0 Å². The molecule has 4 unspecified atom stereocenters. The molecular formula is C22H36Cl2O6. The molecule has 8 heteroatoms. The Labute approximate surface area is 190 Å². The number of halogens is 2. The largest absolute Gasteiger partial charge is 0.551 e. The summed E-state index contributed by atoms with van der Waals surface area (Å²) in [5, 5.41) is -2.40. The fourth-order valence-electron chi connectivity index (χ4n) is 4.99. The van der Waals surface area contributed by atoms with Gasteiger partial charge in [0.1, 0.15) is 0 Å². The molecule has 0 heterocycles. The third-order valence-electron chi connectivity index (χ3n) is 6.34. The molecule has 0 spiro atoms. The smallest absolute Gasteiger partial charge is 0.409 e. The highest BCUT2D eigenvalue weighted by atomic mass is 35.5. The lowest BCUT2D eigenvalue weighted by molar-refractivity contribution is -0.237. The second-order valence-electron chi connectivity index (χ2n) is 10.8. The summed E-state index contributed by atoms with van der Waals surface area (Å²) >= 11 is 13.3. The quantitative estimate of drug-likeness (QED) is 0.181. The van der Waals surface area contributed by atoms with Gasteiger partial charge in [0, 0.05) is 24.7 Å². The van der Waals surface area contributed by atoms with Crippen LogP contribution in [0.2, 0.25) is 0 Å². The van der Waals surface area contributed by atoms with Crippen molar-refractivity contribution in [3.8, 4) is 0 Å². The predicted molar refractivity (Wildman–Crippen MR) is 115 cm³/mol. The van der Waals surface area contributed by atoms with Crippen molar-refractivity contribution >= 4 is 35.5 Å². The number of hydrogen-bond donors (Lipinski definition) is 0. The van der Waals surface area contributed by atoms with Gasteiger partial charge in [-0.1, -0.05) is 77.6 Å². The Hall–Kier alpha value is -0.880. The van der Waals surface area contributed by atoms with Crippen LogP contribution in [0.1, 0.15) is 92.9 Å². The monoisotopic (exact) mass is 466 g/mol. The van der Waals surface area contributed by atoms with Crippen molar-refractivity contribution in [2.24, 2.45) is 22.7 Å². The average molecular weight is 467 g/mol. The van der Waals surface area contributed by atoms with Crippen LogP contribution in [0.15, 0.2) is 0 Å². The number of carbonyl (C=O) groups is 2. The SMILES string of the molecule is CC(C)(C)C1CCCCC1(Cl)OC(=O)OOC(=O)OC1(Cl)CCCCC1C(C)(C)C. The molecule has 6 nitrogen and oxygen atoms in total. The average Bonchev–Trinajstić information content (AvgIpc) is 2.58. The standard InChI is InChI=1S/C22H36Cl2O6/c1-19(2,3)15-11-7-9-13-21(15,23)27-17(25)29-30-18(26)28-22(24)14-10-8-12-16(22)20(4,5)6/h15-16H,7-14H2,1-6H3. The number of ether oxygens (including phenoxy) is 2. The molecule has 30 heavy (non-hydrogen) atoms.